The molecule has 75 heavy (non-hydrogen) atoms. The number of aromatic nitrogens is 4. The van der Waals surface area contributed by atoms with Gasteiger partial charge in [-0.25, -0.2) is 14.1 Å². The molecule has 2 aromatic heterocycles. The lowest BCUT2D eigenvalue weighted by atomic mass is 9.86. The van der Waals surface area contributed by atoms with Gasteiger partial charge in [-0.2, -0.15) is 0 Å². The van der Waals surface area contributed by atoms with E-state index >= 15 is 0 Å². The topological polar surface area (TPSA) is 76.7 Å². The van der Waals surface area contributed by atoms with Gasteiger partial charge in [-0.1, -0.05) is 175 Å². The monoisotopic (exact) mass is 1040 g/mol. The van der Waals surface area contributed by atoms with E-state index in [0.717, 1.165) is 55.3 Å². The van der Waals surface area contributed by atoms with Crippen molar-refractivity contribution in [2.24, 2.45) is 29.0 Å². The highest BCUT2D eigenvalue weighted by molar-refractivity contribution is 5.57. The highest BCUT2D eigenvalue weighted by Crippen LogP contribution is 2.28. The van der Waals surface area contributed by atoms with Crippen LogP contribution in [-0.4, -0.2) is 78.5 Å². The van der Waals surface area contributed by atoms with E-state index in [1.54, 1.807) is 0 Å². The van der Waals surface area contributed by atoms with Gasteiger partial charge in [-0.05, 0) is 127 Å². The van der Waals surface area contributed by atoms with E-state index in [1.807, 2.05) is 0 Å². The summed E-state index contributed by atoms with van der Waals surface area (Å²) < 4.78 is 8.44. The van der Waals surface area contributed by atoms with Crippen LogP contribution in [-0.2, 0) is 20.1 Å². The van der Waals surface area contributed by atoms with Gasteiger partial charge in [0.1, 0.15) is 17.2 Å². The Morgan fingerprint density at radius 2 is 0.973 bits per heavy atom. The Hall–Kier alpha value is -3.30. The molecule has 0 aliphatic rings. The normalized spacial score (nSPS) is 12.2. The van der Waals surface area contributed by atoms with Crippen molar-refractivity contribution in [1.82, 2.24) is 24.8 Å². The van der Waals surface area contributed by atoms with Crippen molar-refractivity contribution in [3.05, 3.63) is 83.4 Å². The molecule has 0 unspecified atom stereocenters. The van der Waals surface area contributed by atoms with Crippen LogP contribution in [0.25, 0.3) is 22.8 Å². The Kier molecular flexibility index (Phi) is 33.2. The molecule has 2 aromatic carbocycles. The smallest absolute Gasteiger partial charge is 0.289 e. The number of aryl methyl sites for hydroxylation is 1. The minimum Gasteiger partial charge on any atom is -0.330 e. The van der Waals surface area contributed by atoms with Gasteiger partial charge in [0.15, 0.2) is 0 Å². The lowest BCUT2D eigenvalue weighted by Crippen LogP contribution is -2.47. The van der Waals surface area contributed by atoms with Crippen molar-refractivity contribution in [3.8, 4) is 22.8 Å². The van der Waals surface area contributed by atoms with E-state index in [4.69, 9.17) is 10.7 Å². The van der Waals surface area contributed by atoms with Gasteiger partial charge in [-0.3, -0.25) is 0 Å². The number of nitrogens with one attached hydrogen (secondary N) is 2. The molecule has 0 aliphatic heterocycles. The van der Waals surface area contributed by atoms with Crippen LogP contribution in [0.3, 0.4) is 0 Å². The second-order valence-electron chi connectivity index (χ2n) is 25.7. The molecule has 0 radical (unpaired) electrons. The Bertz CT molecular complexity index is 2040. The van der Waals surface area contributed by atoms with Crippen LogP contribution in [0.4, 0.5) is 0 Å². The first-order chi connectivity index (χ1) is 35.6. The molecule has 0 saturated carbocycles. The van der Waals surface area contributed by atoms with E-state index in [0.29, 0.717) is 16.2 Å². The second-order valence-corrected chi connectivity index (χ2v) is 25.7. The average molecular weight is 1040 g/mol. The molecule has 8 heteroatoms. The van der Waals surface area contributed by atoms with Crippen LogP contribution in [0.1, 0.15) is 220 Å². The van der Waals surface area contributed by atoms with Gasteiger partial charge in [-0.15, -0.1) is 0 Å². The molecule has 4 aromatic rings. The first kappa shape index (κ1) is 67.8. The maximum Gasteiger partial charge on any atom is 0.289 e. The molecule has 8 nitrogen and oxygen atoms in total. The summed E-state index contributed by atoms with van der Waals surface area (Å²) in [5, 5.41) is 7.25. The zero-order valence-corrected chi connectivity index (χ0v) is 52.3. The Morgan fingerprint density at radius 3 is 1.47 bits per heavy atom. The van der Waals surface area contributed by atoms with Gasteiger partial charge >= 0.3 is 0 Å². The van der Waals surface area contributed by atoms with Crippen LogP contribution in [0.2, 0.25) is 0 Å². The summed E-state index contributed by atoms with van der Waals surface area (Å²) >= 11 is 0. The zero-order valence-electron chi connectivity index (χ0n) is 52.3. The summed E-state index contributed by atoms with van der Waals surface area (Å²) in [7, 11) is 7.04. The van der Waals surface area contributed by atoms with E-state index < -0.39 is 0 Å². The minimum atomic E-state index is 0.431. The van der Waals surface area contributed by atoms with E-state index in [9.17, 15) is 0 Å². The van der Waals surface area contributed by atoms with Crippen LogP contribution in [0, 0.1) is 43.9 Å². The third-order valence-corrected chi connectivity index (χ3v) is 15.9. The molecule has 0 amide bonds. The van der Waals surface area contributed by atoms with Gasteiger partial charge in [0.25, 0.3) is 5.82 Å². The third-order valence-electron chi connectivity index (χ3n) is 15.9. The van der Waals surface area contributed by atoms with E-state index in [1.165, 1.54) is 189 Å². The van der Waals surface area contributed by atoms with Gasteiger partial charge < -0.3 is 25.4 Å². The minimum absolute atomic E-state index is 0.431. The summed E-state index contributed by atoms with van der Waals surface area (Å²) in [4.78, 5) is 4.82. The quantitative estimate of drug-likeness (QED) is 0.0239. The fourth-order valence-corrected chi connectivity index (χ4v) is 11.0. The van der Waals surface area contributed by atoms with Crippen molar-refractivity contribution in [2.45, 2.75) is 238 Å². The molecule has 0 saturated heterocycles. The summed E-state index contributed by atoms with van der Waals surface area (Å²) in [6.45, 7) is 40.3. The molecular weight excluding hydrogens is 917 g/mol. The Labute approximate surface area is 464 Å². The molecule has 0 bridgehead atoms. The Morgan fingerprint density at radius 1 is 0.533 bits per heavy atom. The predicted octanol–water partition coefficient (Wildman–Crippen LogP) is 16.3. The average Bonchev–Trinajstić information content (AvgIpc) is 3.78. The molecule has 0 aliphatic carbocycles. The molecule has 428 valence electrons. The van der Waals surface area contributed by atoms with Crippen molar-refractivity contribution < 1.29 is 9.05 Å². The van der Waals surface area contributed by atoms with Crippen LogP contribution in [0.15, 0.2) is 60.7 Å². The molecule has 2 heterocycles. The number of quaternary nitrogens is 1. The number of hydrogen-bond acceptors (Lipinski definition) is 4. The van der Waals surface area contributed by atoms with E-state index in [-0.39, 0.29) is 0 Å². The fraction of sp³-hybridized carbons (Fsp3) is 0.731. The molecule has 4 rings (SSSR count). The standard InChI is InChI=1S/C28H49N3.C25H41N3.C14H32N2/c1-9-10-20-28(4,5)23-31(7,8)22-17-12-11-16-21-30-25(3)24(2)29(6)27(30)26-18-14-13-15-19-26;1-6-7-17-25(4,5)20-26-18-13-8-9-14-19-28-22(3)21(2)27-24(28)23-15-11-10-12-16-23;1-4-5-10-14(2,3)13-16-12-9-7-6-8-11-15/h13-15,18-19H,9-12,16-17,20-23H2,1-8H3;10-12,15-16,26H,6-9,13-14,17-20H2,1-5H3;16H,4-13,15H2,1-3H3/q+2;;. The van der Waals surface area contributed by atoms with Crippen LogP contribution >= 0.6 is 0 Å². The highest BCUT2D eigenvalue weighted by atomic mass is 15.3. The second kappa shape index (κ2) is 36.7. The summed E-state index contributed by atoms with van der Waals surface area (Å²) in [6.07, 6.45) is 27.4. The molecule has 0 spiro atoms. The largest absolute Gasteiger partial charge is 0.330 e. The van der Waals surface area contributed by atoms with E-state index in [2.05, 4.69) is 196 Å². The number of rotatable bonds is 37. The summed E-state index contributed by atoms with van der Waals surface area (Å²) in [5.74, 6) is 2.45. The van der Waals surface area contributed by atoms with Crippen molar-refractivity contribution in [2.75, 3.05) is 59.9 Å². The third kappa shape index (κ3) is 27.7. The number of unbranched alkanes of at least 4 members (excludes halogenated alkanes) is 12. The van der Waals surface area contributed by atoms with Gasteiger partial charge in [0.05, 0.1) is 52.0 Å². The Balaban J connectivity index is 0.000000405. The van der Waals surface area contributed by atoms with Crippen molar-refractivity contribution >= 4 is 0 Å². The number of nitrogens with zero attached hydrogens (tertiary/aromatic N) is 5. The maximum absolute atomic E-state index is 5.46. The summed E-state index contributed by atoms with van der Waals surface area (Å²) in [6, 6.07) is 21.4. The number of benzene rings is 2. The van der Waals surface area contributed by atoms with Gasteiger partial charge in [0, 0.05) is 50.2 Å². The lowest BCUT2D eigenvalue weighted by Gasteiger charge is -2.37. The predicted molar refractivity (Wildman–Crippen MR) is 330 cm³/mol. The first-order valence-electron chi connectivity index (χ1n) is 30.8. The highest BCUT2D eigenvalue weighted by Gasteiger charge is 2.28. The zero-order chi connectivity index (χ0) is 55.8. The molecule has 0 atom stereocenters. The van der Waals surface area contributed by atoms with Gasteiger partial charge in [0.2, 0.25) is 0 Å². The molecule has 0 fully saturated rings. The number of hydrogen-bond donors (Lipinski definition) is 3. The maximum atomic E-state index is 5.46. The fourth-order valence-electron chi connectivity index (χ4n) is 11.0. The summed E-state index contributed by atoms with van der Waals surface area (Å²) in [5.41, 5.74) is 14.5. The SMILES string of the molecule is CCCCC(C)(C)CNCCCCCCN.CCCCC(C)(C)CNCCCCCCn1c(-c2ccccc2)nc(C)c1C.CCCCC(C)(C)C[N+](C)(C)CCCCCCn1c(C)c(C)[n+](C)c1-c1ccccc1. The first-order valence-corrected chi connectivity index (χ1v) is 30.8. The number of imidazole rings is 2. The molecular formula is C67H122N8+2. The number of nitrogens with two attached hydrogens (primary N) is 1. The lowest BCUT2D eigenvalue weighted by molar-refractivity contribution is -0.896. The van der Waals surface area contributed by atoms with Crippen LogP contribution in [0.5, 0.6) is 0 Å². The van der Waals surface area contributed by atoms with Crippen molar-refractivity contribution in [1.29, 1.82) is 0 Å². The molecule has 4 N–H and O–H groups in total. The van der Waals surface area contributed by atoms with Crippen LogP contribution < -0.4 is 20.9 Å². The van der Waals surface area contributed by atoms with Crippen molar-refractivity contribution in [3.63, 3.8) is 0 Å².